The summed E-state index contributed by atoms with van der Waals surface area (Å²) in [6.45, 7) is 1.88. The van der Waals surface area contributed by atoms with Crippen LogP contribution in [0.5, 0.6) is 0 Å². The number of hydrogen-bond donors (Lipinski definition) is 1. The predicted molar refractivity (Wildman–Crippen MR) is 118 cm³/mol. The van der Waals surface area contributed by atoms with Crippen LogP contribution in [0.2, 0.25) is 0 Å². The zero-order valence-electron chi connectivity index (χ0n) is 16.1. The molecule has 1 N–H and O–H groups in total. The maximum absolute atomic E-state index is 12.6. The van der Waals surface area contributed by atoms with Crippen molar-refractivity contribution in [3.05, 3.63) is 100 Å². The Bertz CT molecular complexity index is 1150. The van der Waals surface area contributed by atoms with Crippen LogP contribution in [0.4, 0.5) is 5.69 Å². The predicted octanol–water partition coefficient (Wildman–Crippen LogP) is 4.38. The quantitative estimate of drug-likeness (QED) is 0.242. The molecule has 7 nitrogen and oxygen atoms in total. The number of hydrogen-bond acceptors (Lipinski definition) is 6. The average molecular weight is 442 g/mol. The number of non-ortho nitro benzene ring substituents is 1. The van der Waals surface area contributed by atoms with Crippen LogP contribution in [0, 0.1) is 17.0 Å². The minimum atomic E-state index is -3.80. The van der Waals surface area contributed by atoms with Gasteiger partial charge in [-0.05, 0) is 36.8 Å². The second kappa shape index (κ2) is 9.55. The third-order valence-corrected chi connectivity index (χ3v) is 6.41. The highest BCUT2D eigenvalue weighted by Gasteiger charge is 2.14. The number of sulfonamides is 1. The molecule has 0 saturated carbocycles. The summed E-state index contributed by atoms with van der Waals surface area (Å²) in [5, 5.41) is 15.0. The molecular formula is C21H19N3O4S2. The van der Waals surface area contributed by atoms with E-state index in [1.54, 1.807) is 24.3 Å². The minimum absolute atomic E-state index is 0.0159. The highest BCUT2D eigenvalue weighted by Crippen LogP contribution is 2.22. The van der Waals surface area contributed by atoms with Crippen molar-refractivity contribution in [3.8, 4) is 0 Å². The van der Waals surface area contributed by atoms with Crippen LogP contribution in [0.25, 0.3) is 0 Å². The number of nitrogens with one attached hydrogen (secondary N) is 1. The standard InChI is InChI=1S/C21H19N3O4S2/c1-16-7-13-20(14-8-16)30(27,28)23-22-21(17-5-3-2-4-6-17)15-29-19-11-9-18(10-12-19)24(25)26/h2-14,23H,15H2,1H3/b22-21-. The molecule has 0 aromatic heterocycles. The van der Waals surface area contributed by atoms with Crippen molar-refractivity contribution in [2.45, 2.75) is 16.7 Å². The molecule has 0 bridgehead atoms. The van der Waals surface area contributed by atoms with E-state index in [1.807, 2.05) is 37.3 Å². The van der Waals surface area contributed by atoms with Gasteiger partial charge < -0.3 is 0 Å². The molecule has 9 heteroatoms. The molecule has 0 spiro atoms. The van der Waals surface area contributed by atoms with E-state index < -0.39 is 14.9 Å². The van der Waals surface area contributed by atoms with Crippen molar-refractivity contribution in [2.24, 2.45) is 5.10 Å². The van der Waals surface area contributed by atoms with E-state index >= 15 is 0 Å². The zero-order valence-corrected chi connectivity index (χ0v) is 17.7. The molecular weight excluding hydrogens is 422 g/mol. The molecule has 0 aliphatic carbocycles. The van der Waals surface area contributed by atoms with Gasteiger partial charge in [0.15, 0.2) is 0 Å². The molecule has 0 saturated heterocycles. The van der Waals surface area contributed by atoms with Crippen molar-refractivity contribution in [3.63, 3.8) is 0 Å². The van der Waals surface area contributed by atoms with Crippen LogP contribution in [0.1, 0.15) is 11.1 Å². The van der Waals surface area contributed by atoms with Gasteiger partial charge in [0.1, 0.15) is 0 Å². The Kier molecular flexibility index (Phi) is 6.86. The maximum Gasteiger partial charge on any atom is 0.276 e. The zero-order chi connectivity index (χ0) is 21.6. The lowest BCUT2D eigenvalue weighted by Crippen LogP contribution is -2.21. The molecule has 0 heterocycles. The summed E-state index contributed by atoms with van der Waals surface area (Å²) in [5.41, 5.74) is 2.29. The fourth-order valence-corrected chi connectivity index (χ4v) is 4.21. The Labute approximate surface area is 179 Å². The topological polar surface area (TPSA) is 102 Å². The highest BCUT2D eigenvalue weighted by atomic mass is 32.2. The number of thioether (sulfide) groups is 1. The molecule has 3 rings (SSSR count). The van der Waals surface area contributed by atoms with Crippen LogP contribution in [-0.4, -0.2) is 24.8 Å². The number of nitro benzene ring substituents is 1. The van der Waals surface area contributed by atoms with Gasteiger partial charge in [-0.1, -0.05) is 48.0 Å². The molecule has 0 radical (unpaired) electrons. The molecule has 0 unspecified atom stereocenters. The van der Waals surface area contributed by atoms with E-state index in [4.69, 9.17) is 0 Å². The first kappa shape index (κ1) is 21.5. The van der Waals surface area contributed by atoms with Gasteiger partial charge in [0.2, 0.25) is 0 Å². The largest absolute Gasteiger partial charge is 0.276 e. The van der Waals surface area contributed by atoms with Crippen molar-refractivity contribution in [1.29, 1.82) is 0 Å². The molecule has 0 aliphatic rings. The van der Waals surface area contributed by atoms with Gasteiger partial charge in [-0.2, -0.15) is 18.4 Å². The average Bonchev–Trinajstić information content (AvgIpc) is 2.75. The lowest BCUT2D eigenvalue weighted by molar-refractivity contribution is -0.384. The lowest BCUT2D eigenvalue weighted by Gasteiger charge is -2.09. The van der Waals surface area contributed by atoms with Crippen LogP contribution in [-0.2, 0) is 10.0 Å². The van der Waals surface area contributed by atoms with E-state index in [0.29, 0.717) is 11.5 Å². The molecule has 3 aromatic rings. The lowest BCUT2D eigenvalue weighted by atomic mass is 10.1. The smallest absolute Gasteiger partial charge is 0.258 e. The van der Waals surface area contributed by atoms with Gasteiger partial charge in [-0.15, -0.1) is 11.8 Å². The Morgan fingerprint density at radius 2 is 1.63 bits per heavy atom. The minimum Gasteiger partial charge on any atom is -0.258 e. The number of aryl methyl sites for hydroxylation is 1. The molecule has 0 atom stereocenters. The van der Waals surface area contributed by atoms with Crippen LogP contribution in [0.3, 0.4) is 0 Å². The number of nitro groups is 1. The fourth-order valence-electron chi connectivity index (χ4n) is 2.51. The summed E-state index contributed by atoms with van der Waals surface area (Å²) in [7, 11) is -3.80. The van der Waals surface area contributed by atoms with Gasteiger partial charge in [0.25, 0.3) is 15.7 Å². The first-order valence-corrected chi connectivity index (χ1v) is 11.4. The molecule has 154 valence electrons. The number of hydrazone groups is 1. The second-order valence-corrected chi connectivity index (χ2v) is 9.08. The summed E-state index contributed by atoms with van der Waals surface area (Å²) in [4.78, 5) is 13.6. The van der Waals surface area contributed by atoms with E-state index in [1.165, 1.54) is 36.0 Å². The van der Waals surface area contributed by atoms with Gasteiger partial charge in [0, 0.05) is 22.8 Å². The van der Waals surface area contributed by atoms with E-state index in [2.05, 4.69) is 9.93 Å². The van der Waals surface area contributed by atoms with Gasteiger partial charge in [-0.3, -0.25) is 10.1 Å². The van der Waals surface area contributed by atoms with Crippen LogP contribution in [0.15, 0.2) is 93.8 Å². The Morgan fingerprint density at radius 3 is 2.23 bits per heavy atom. The Hall–Kier alpha value is -3.17. The van der Waals surface area contributed by atoms with E-state index in [-0.39, 0.29) is 10.6 Å². The first-order valence-electron chi connectivity index (χ1n) is 8.93. The summed E-state index contributed by atoms with van der Waals surface area (Å²) in [6, 6.07) is 21.9. The molecule has 0 fully saturated rings. The second-order valence-electron chi connectivity index (χ2n) is 6.37. The molecule has 3 aromatic carbocycles. The summed E-state index contributed by atoms with van der Waals surface area (Å²) in [5.74, 6) is 0.373. The van der Waals surface area contributed by atoms with Gasteiger partial charge in [-0.25, -0.2) is 0 Å². The van der Waals surface area contributed by atoms with Gasteiger partial charge >= 0.3 is 0 Å². The monoisotopic (exact) mass is 441 g/mol. The highest BCUT2D eigenvalue weighted by molar-refractivity contribution is 8.00. The van der Waals surface area contributed by atoms with Crippen LogP contribution >= 0.6 is 11.8 Å². The van der Waals surface area contributed by atoms with E-state index in [0.717, 1.165) is 16.0 Å². The number of benzene rings is 3. The van der Waals surface area contributed by atoms with Crippen molar-refractivity contribution >= 4 is 33.2 Å². The van der Waals surface area contributed by atoms with Crippen molar-refractivity contribution < 1.29 is 13.3 Å². The summed E-state index contributed by atoms with van der Waals surface area (Å²) < 4.78 is 25.1. The molecule has 30 heavy (non-hydrogen) atoms. The fraction of sp³-hybridized carbons (Fsp3) is 0.0952. The van der Waals surface area contributed by atoms with Crippen LogP contribution < -0.4 is 4.83 Å². The molecule has 0 aliphatic heterocycles. The molecule has 0 amide bonds. The normalized spacial score (nSPS) is 11.8. The maximum atomic E-state index is 12.6. The van der Waals surface area contributed by atoms with Crippen molar-refractivity contribution in [2.75, 3.05) is 5.75 Å². The van der Waals surface area contributed by atoms with Crippen molar-refractivity contribution in [1.82, 2.24) is 4.83 Å². The first-order chi connectivity index (χ1) is 14.3. The Morgan fingerprint density at radius 1 is 1.00 bits per heavy atom. The third-order valence-electron chi connectivity index (χ3n) is 4.16. The summed E-state index contributed by atoms with van der Waals surface area (Å²) >= 11 is 1.40. The number of rotatable bonds is 8. The van der Waals surface area contributed by atoms with E-state index in [9.17, 15) is 18.5 Å². The number of nitrogens with zero attached hydrogens (tertiary/aromatic N) is 2. The Balaban J connectivity index is 1.80. The summed E-state index contributed by atoms with van der Waals surface area (Å²) in [6.07, 6.45) is 0. The SMILES string of the molecule is Cc1ccc(S(=O)(=O)N/N=C(/CSc2ccc([N+](=O)[O-])cc2)c2ccccc2)cc1. The third kappa shape index (κ3) is 5.68. The van der Waals surface area contributed by atoms with Gasteiger partial charge in [0.05, 0.1) is 15.5 Å².